The Morgan fingerprint density at radius 1 is 1.25 bits per heavy atom. The van der Waals surface area contributed by atoms with Crippen LogP contribution in [-0.4, -0.2) is 6.04 Å². The molecule has 0 aromatic carbocycles. The summed E-state index contributed by atoms with van der Waals surface area (Å²) in [5, 5.41) is 14.1. The van der Waals surface area contributed by atoms with Crippen molar-refractivity contribution < 1.29 is 0 Å². The summed E-state index contributed by atoms with van der Waals surface area (Å²) in [6.07, 6.45) is 8.93. The van der Waals surface area contributed by atoms with Crippen molar-refractivity contribution in [3.63, 3.8) is 0 Å². The fraction of sp³-hybridized carbons (Fsp3) is 0.688. The standard InChI is InChI=1S/C16H23N3S/c1-2-10-3-7-12(8-4-10)19-16-14(11-5-6-11)15(18)13(9-17)20-16/h10-12,19H,2-8,18H2,1H3. The maximum Gasteiger partial charge on any atom is 0.130 e. The van der Waals surface area contributed by atoms with Crippen LogP contribution in [0.5, 0.6) is 0 Å². The van der Waals surface area contributed by atoms with E-state index in [0.29, 0.717) is 16.8 Å². The van der Waals surface area contributed by atoms with Crippen molar-refractivity contribution in [3.05, 3.63) is 10.4 Å². The molecule has 0 unspecified atom stereocenters. The maximum atomic E-state index is 9.18. The molecule has 0 atom stereocenters. The summed E-state index contributed by atoms with van der Waals surface area (Å²) in [6, 6.07) is 2.81. The van der Waals surface area contributed by atoms with Crippen molar-refractivity contribution in [2.75, 3.05) is 11.1 Å². The Morgan fingerprint density at radius 2 is 1.95 bits per heavy atom. The van der Waals surface area contributed by atoms with Crippen LogP contribution in [-0.2, 0) is 0 Å². The number of anilines is 2. The Bertz CT molecular complexity index is 517. The lowest BCUT2D eigenvalue weighted by molar-refractivity contribution is 0.330. The summed E-state index contributed by atoms with van der Waals surface area (Å²) in [7, 11) is 0. The molecule has 0 saturated heterocycles. The number of nitriles is 1. The molecular weight excluding hydrogens is 266 g/mol. The molecule has 108 valence electrons. The quantitative estimate of drug-likeness (QED) is 0.860. The summed E-state index contributed by atoms with van der Waals surface area (Å²) in [5.74, 6) is 1.52. The second-order valence-electron chi connectivity index (χ2n) is 6.24. The van der Waals surface area contributed by atoms with E-state index in [2.05, 4.69) is 18.3 Å². The lowest BCUT2D eigenvalue weighted by Crippen LogP contribution is -2.25. The zero-order valence-electron chi connectivity index (χ0n) is 12.1. The maximum absolute atomic E-state index is 9.18. The molecule has 0 radical (unpaired) electrons. The number of thiophene rings is 1. The number of nitrogens with one attached hydrogen (secondary N) is 1. The minimum Gasteiger partial charge on any atom is -0.397 e. The highest BCUT2D eigenvalue weighted by Gasteiger charge is 2.32. The Morgan fingerprint density at radius 3 is 2.50 bits per heavy atom. The zero-order valence-corrected chi connectivity index (χ0v) is 12.9. The van der Waals surface area contributed by atoms with Crippen LogP contribution in [0.1, 0.15) is 68.2 Å². The van der Waals surface area contributed by atoms with E-state index in [-0.39, 0.29) is 0 Å². The van der Waals surface area contributed by atoms with Crippen molar-refractivity contribution in [1.29, 1.82) is 5.26 Å². The second kappa shape index (κ2) is 5.65. The minimum absolute atomic E-state index is 0.569. The third-order valence-corrected chi connectivity index (χ3v) is 5.89. The van der Waals surface area contributed by atoms with Crippen LogP contribution in [0, 0.1) is 17.2 Å². The van der Waals surface area contributed by atoms with Gasteiger partial charge >= 0.3 is 0 Å². The van der Waals surface area contributed by atoms with E-state index < -0.39 is 0 Å². The van der Waals surface area contributed by atoms with Gasteiger partial charge in [-0.15, -0.1) is 11.3 Å². The second-order valence-corrected chi connectivity index (χ2v) is 7.26. The molecule has 3 nitrogen and oxygen atoms in total. The number of nitrogens with two attached hydrogens (primary N) is 1. The van der Waals surface area contributed by atoms with E-state index in [9.17, 15) is 5.26 Å². The smallest absolute Gasteiger partial charge is 0.130 e. The van der Waals surface area contributed by atoms with Crippen molar-refractivity contribution in [3.8, 4) is 6.07 Å². The first-order chi connectivity index (χ1) is 9.72. The van der Waals surface area contributed by atoms with Crippen molar-refractivity contribution >= 4 is 22.0 Å². The van der Waals surface area contributed by atoms with Gasteiger partial charge in [-0.05, 0) is 50.4 Å². The fourth-order valence-corrected chi connectivity index (χ4v) is 4.41. The molecule has 4 heteroatoms. The first kappa shape index (κ1) is 13.8. The Balaban J connectivity index is 1.73. The van der Waals surface area contributed by atoms with Gasteiger partial charge in [-0.1, -0.05) is 13.3 Å². The molecule has 3 N–H and O–H groups in total. The average Bonchev–Trinajstić information content (AvgIpc) is 3.25. The first-order valence-electron chi connectivity index (χ1n) is 7.81. The third kappa shape index (κ3) is 2.64. The number of hydrogen-bond acceptors (Lipinski definition) is 4. The van der Waals surface area contributed by atoms with Crippen LogP contribution in [0.15, 0.2) is 0 Å². The van der Waals surface area contributed by atoms with E-state index in [0.717, 1.165) is 11.6 Å². The van der Waals surface area contributed by atoms with Crippen molar-refractivity contribution in [1.82, 2.24) is 0 Å². The molecule has 20 heavy (non-hydrogen) atoms. The molecular formula is C16H23N3S. The van der Waals surface area contributed by atoms with Crippen LogP contribution in [0.3, 0.4) is 0 Å². The highest BCUT2D eigenvalue weighted by atomic mass is 32.1. The third-order valence-electron chi connectivity index (χ3n) is 4.83. The number of hydrogen-bond donors (Lipinski definition) is 2. The van der Waals surface area contributed by atoms with E-state index in [1.165, 1.54) is 55.5 Å². The van der Waals surface area contributed by atoms with Gasteiger partial charge in [0.2, 0.25) is 0 Å². The van der Waals surface area contributed by atoms with Gasteiger partial charge in [-0.2, -0.15) is 5.26 Å². The van der Waals surface area contributed by atoms with Crippen LogP contribution < -0.4 is 11.1 Å². The molecule has 0 bridgehead atoms. The first-order valence-corrected chi connectivity index (χ1v) is 8.63. The average molecular weight is 289 g/mol. The molecule has 2 aliphatic rings. The van der Waals surface area contributed by atoms with E-state index in [1.807, 2.05) is 0 Å². The molecule has 1 aromatic heterocycles. The molecule has 0 aliphatic heterocycles. The molecule has 0 spiro atoms. The van der Waals surface area contributed by atoms with E-state index in [4.69, 9.17) is 5.73 Å². The molecule has 0 amide bonds. The predicted octanol–water partition coefficient (Wildman–Crippen LogP) is 4.46. The Hall–Kier alpha value is -1.21. The SMILES string of the molecule is CCC1CCC(Nc2sc(C#N)c(N)c2C2CC2)CC1. The van der Waals surface area contributed by atoms with Gasteiger partial charge in [0.05, 0.1) is 10.7 Å². The van der Waals surface area contributed by atoms with Gasteiger partial charge in [0, 0.05) is 11.6 Å². The molecule has 1 heterocycles. The molecule has 2 fully saturated rings. The fourth-order valence-electron chi connectivity index (χ4n) is 3.32. The Labute approximate surface area is 125 Å². The van der Waals surface area contributed by atoms with Crippen LogP contribution in [0.4, 0.5) is 10.7 Å². The minimum atomic E-state index is 0.569. The monoisotopic (exact) mass is 289 g/mol. The summed E-state index contributed by atoms with van der Waals surface area (Å²) < 4.78 is 0. The highest BCUT2D eigenvalue weighted by Crippen LogP contribution is 2.51. The van der Waals surface area contributed by atoms with E-state index >= 15 is 0 Å². The molecule has 2 saturated carbocycles. The summed E-state index contributed by atoms with van der Waals surface area (Å²) in [6.45, 7) is 2.29. The van der Waals surface area contributed by atoms with Crippen molar-refractivity contribution in [2.45, 2.75) is 63.8 Å². The van der Waals surface area contributed by atoms with E-state index in [1.54, 1.807) is 11.3 Å². The number of rotatable bonds is 4. The van der Waals surface area contributed by atoms with Crippen molar-refractivity contribution in [2.24, 2.45) is 5.92 Å². The molecule has 1 aromatic rings. The van der Waals surface area contributed by atoms with Gasteiger partial charge < -0.3 is 11.1 Å². The lowest BCUT2D eigenvalue weighted by atomic mass is 9.84. The van der Waals surface area contributed by atoms with Gasteiger partial charge in [0.15, 0.2) is 0 Å². The normalized spacial score (nSPS) is 26.2. The van der Waals surface area contributed by atoms with Gasteiger partial charge in [0.25, 0.3) is 0 Å². The summed E-state index contributed by atoms with van der Waals surface area (Å²) >= 11 is 1.56. The predicted molar refractivity (Wildman–Crippen MR) is 85.1 cm³/mol. The number of nitrogens with zero attached hydrogens (tertiary/aromatic N) is 1. The Kier molecular flexibility index (Phi) is 3.89. The largest absolute Gasteiger partial charge is 0.397 e. The molecule has 3 rings (SSSR count). The van der Waals surface area contributed by atoms with Crippen LogP contribution >= 0.6 is 11.3 Å². The van der Waals surface area contributed by atoms with Crippen LogP contribution in [0.25, 0.3) is 0 Å². The zero-order chi connectivity index (χ0) is 14.1. The van der Waals surface area contributed by atoms with Gasteiger partial charge in [-0.3, -0.25) is 0 Å². The molecule has 2 aliphatic carbocycles. The van der Waals surface area contributed by atoms with Gasteiger partial charge in [0.1, 0.15) is 10.9 Å². The van der Waals surface area contributed by atoms with Gasteiger partial charge in [-0.25, -0.2) is 0 Å². The lowest BCUT2D eigenvalue weighted by Gasteiger charge is -2.29. The van der Waals surface area contributed by atoms with Crippen LogP contribution in [0.2, 0.25) is 0 Å². The summed E-state index contributed by atoms with van der Waals surface area (Å²) in [5.41, 5.74) is 8.13. The summed E-state index contributed by atoms with van der Waals surface area (Å²) in [4.78, 5) is 0.691. The topological polar surface area (TPSA) is 61.8 Å². The highest BCUT2D eigenvalue weighted by molar-refractivity contribution is 7.17. The number of nitrogen functional groups attached to an aromatic ring is 1.